The molecular weight excluding hydrogens is 407 g/mol. The van der Waals surface area contributed by atoms with Gasteiger partial charge in [-0.1, -0.05) is 17.3 Å². The fourth-order valence-corrected chi connectivity index (χ4v) is 2.97. The number of benzene rings is 1. The molecule has 0 atom stereocenters. The van der Waals surface area contributed by atoms with E-state index in [1.54, 1.807) is 19.1 Å². The fraction of sp³-hybridized carbons (Fsp3) is 0.222. The molecule has 1 aromatic carbocycles. The summed E-state index contributed by atoms with van der Waals surface area (Å²) in [5, 5.41) is 7.90. The van der Waals surface area contributed by atoms with Crippen molar-refractivity contribution in [2.45, 2.75) is 19.8 Å². The monoisotopic (exact) mass is 421 g/mol. The smallest absolute Gasteiger partial charge is 0.481 e. The molecule has 9 nitrogen and oxygen atoms in total. The summed E-state index contributed by atoms with van der Waals surface area (Å²) in [5.74, 6) is 0.471. The molecule has 12 heteroatoms. The second-order valence-corrected chi connectivity index (χ2v) is 6.20. The molecule has 4 aromatic rings. The first-order valence-corrected chi connectivity index (χ1v) is 8.57. The van der Waals surface area contributed by atoms with Gasteiger partial charge in [0.15, 0.2) is 11.5 Å². The third-order valence-corrected chi connectivity index (χ3v) is 4.14. The number of fused-ring (bicyclic) bond motifs is 1. The summed E-state index contributed by atoms with van der Waals surface area (Å²) < 4.78 is 53.8. The summed E-state index contributed by atoms with van der Waals surface area (Å²) in [4.78, 5) is 16.9. The maximum absolute atomic E-state index is 12.9. The number of ether oxygens (including phenoxy) is 2. The quantitative estimate of drug-likeness (QED) is 0.489. The third kappa shape index (κ3) is 3.71. The summed E-state index contributed by atoms with van der Waals surface area (Å²) in [6, 6.07) is 8.46. The lowest BCUT2D eigenvalue weighted by atomic mass is 10.1. The fourth-order valence-electron chi connectivity index (χ4n) is 2.97. The van der Waals surface area contributed by atoms with E-state index in [-0.39, 0.29) is 24.1 Å². The van der Waals surface area contributed by atoms with Gasteiger partial charge in [0.05, 0.1) is 7.11 Å². The Morgan fingerprint density at radius 3 is 2.47 bits per heavy atom. The van der Waals surface area contributed by atoms with Crippen LogP contribution >= 0.6 is 0 Å². The number of aryl methyl sites for hydroxylation is 1. The predicted octanol–water partition coefficient (Wildman–Crippen LogP) is 2.81. The largest absolute Gasteiger partial charge is 0.573 e. The van der Waals surface area contributed by atoms with Gasteiger partial charge in [-0.2, -0.15) is 4.98 Å². The lowest BCUT2D eigenvalue weighted by Crippen LogP contribution is -2.22. The zero-order chi connectivity index (χ0) is 21.5. The zero-order valence-electron chi connectivity index (χ0n) is 15.7. The van der Waals surface area contributed by atoms with Gasteiger partial charge < -0.3 is 14.0 Å². The van der Waals surface area contributed by atoms with Gasteiger partial charge >= 0.3 is 12.1 Å². The van der Waals surface area contributed by atoms with E-state index in [1.165, 1.54) is 35.8 Å². The number of aromatic nitrogens is 5. The lowest BCUT2D eigenvalue weighted by molar-refractivity contribution is -0.274. The molecule has 0 amide bonds. The first-order chi connectivity index (χ1) is 14.2. The van der Waals surface area contributed by atoms with Crippen molar-refractivity contribution >= 4 is 5.65 Å². The molecule has 0 saturated carbocycles. The molecule has 4 rings (SSSR count). The molecule has 0 saturated heterocycles. The van der Waals surface area contributed by atoms with Crippen molar-refractivity contribution in [3.63, 3.8) is 0 Å². The highest BCUT2D eigenvalue weighted by Gasteiger charge is 2.31. The molecular formula is C18H14F3N5O4. The minimum Gasteiger partial charge on any atom is -0.481 e. The number of hydrogen-bond acceptors (Lipinski definition) is 7. The van der Waals surface area contributed by atoms with Gasteiger partial charge in [0, 0.05) is 5.56 Å². The van der Waals surface area contributed by atoms with Crippen LogP contribution in [0.2, 0.25) is 0 Å². The number of halogens is 3. The summed E-state index contributed by atoms with van der Waals surface area (Å²) in [6.45, 7) is 1.63. The van der Waals surface area contributed by atoms with Crippen LogP contribution in [-0.4, -0.2) is 37.8 Å². The van der Waals surface area contributed by atoms with Crippen molar-refractivity contribution in [2.75, 3.05) is 7.11 Å². The highest BCUT2D eigenvalue weighted by molar-refractivity contribution is 5.71. The normalized spacial score (nSPS) is 11.8. The Morgan fingerprint density at radius 2 is 1.87 bits per heavy atom. The minimum absolute atomic E-state index is 0.0245. The van der Waals surface area contributed by atoms with Gasteiger partial charge in [0.25, 0.3) is 0 Å². The van der Waals surface area contributed by atoms with Crippen LogP contribution in [0.5, 0.6) is 11.6 Å². The predicted molar refractivity (Wildman–Crippen MR) is 96.3 cm³/mol. The Labute approximate surface area is 166 Å². The van der Waals surface area contributed by atoms with E-state index in [9.17, 15) is 18.0 Å². The number of methoxy groups -OCH3 is 1. The van der Waals surface area contributed by atoms with E-state index >= 15 is 0 Å². The average Bonchev–Trinajstić information content (AvgIpc) is 3.24. The van der Waals surface area contributed by atoms with Gasteiger partial charge in [-0.05, 0) is 36.8 Å². The van der Waals surface area contributed by atoms with Crippen molar-refractivity contribution in [3.8, 4) is 22.8 Å². The van der Waals surface area contributed by atoms with Gasteiger partial charge in [0.1, 0.15) is 12.3 Å². The molecule has 0 aliphatic carbocycles. The topological polar surface area (TPSA) is 96.7 Å². The second-order valence-electron chi connectivity index (χ2n) is 6.20. The minimum atomic E-state index is -4.78. The number of nitrogens with zero attached hydrogens (tertiary/aromatic N) is 5. The van der Waals surface area contributed by atoms with Gasteiger partial charge in [-0.15, -0.1) is 18.3 Å². The van der Waals surface area contributed by atoms with Crippen LogP contribution in [0, 0.1) is 6.92 Å². The van der Waals surface area contributed by atoms with Gasteiger partial charge in [-0.25, -0.2) is 13.9 Å². The van der Waals surface area contributed by atoms with Crippen molar-refractivity contribution in [2.24, 2.45) is 0 Å². The second kappa shape index (κ2) is 7.21. The Bertz CT molecular complexity index is 1260. The van der Waals surface area contributed by atoms with Crippen LogP contribution in [0.25, 0.3) is 16.8 Å². The van der Waals surface area contributed by atoms with Crippen LogP contribution in [-0.2, 0) is 6.54 Å². The van der Waals surface area contributed by atoms with Crippen LogP contribution in [0.3, 0.4) is 0 Å². The summed E-state index contributed by atoms with van der Waals surface area (Å²) in [5.41, 5.74) is 0.819. The summed E-state index contributed by atoms with van der Waals surface area (Å²) in [7, 11) is 1.38. The van der Waals surface area contributed by atoms with Crippen LogP contribution in [0.1, 0.15) is 11.7 Å². The Morgan fingerprint density at radius 1 is 1.13 bits per heavy atom. The van der Waals surface area contributed by atoms with Crippen LogP contribution in [0.15, 0.2) is 45.7 Å². The average molecular weight is 421 g/mol. The van der Waals surface area contributed by atoms with Gasteiger partial charge in [-0.3, -0.25) is 0 Å². The van der Waals surface area contributed by atoms with Crippen molar-refractivity contribution in [1.29, 1.82) is 0 Å². The lowest BCUT2D eigenvalue weighted by Gasteiger charge is -2.12. The molecule has 0 aliphatic rings. The molecule has 0 unspecified atom stereocenters. The molecule has 3 aromatic heterocycles. The summed E-state index contributed by atoms with van der Waals surface area (Å²) >= 11 is 0. The highest BCUT2D eigenvalue weighted by Crippen LogP contribution is 2.32. The van der Waals surface area contributed by atoms with E-state index in [0.717, 1.165) is 4.68 Å². The molecule has 0 N–H and O–H groups in total. The van der Waals surface area contributed by atoms with E-state index in [2.05, 4.69) is 20.0 Å². The number of rotatable bonds is 5. The van der Waals surface area contributed by atoms with E-state index in [0.29, 0.717) is 22.6 Å². The number of alkyl halides is 3. The number of pyridine rings is 1. The Balaban J connectivity index is 1.74. The highest BCUT2D eigenvalue weighted by atomic mass is 19.4. The molecule has 0 spiro atoms. The van der Waals surface area contributed by atoms with E-state index in [1.807, 2.05) is 0 Å². The van der Waals surface area contributed by atoms with Crippen molar-refractivity contribution < 1.29 is 27.2 Å². The van der Waals surface area contributed by atoms with Crippen molar-refractivity contribution in [3.05, 3.63) is 58.6 Å². The molecule has 0 radical (unpaired) electrons. The Hall–Kier alpha value is -3.83. The molecule has 0 bridgehead atoms. The van der Waals surface area contributed by atoms with Crippen molar-refractivity contribution in [1.82, 2.24) is 24.3 Å². The zero-order valence-corrected chi connectivity index (χ0v) is 15.7. The third-order valence-electron chi connectivity index (χ3n) is 4.14. The molecule has 156 valence electrons. The standard InChI is InChI=1S/C18H14F3N5O4/c1-10-22-15(30-24-10)9-25-17(27)26-14(23-25)8-7-13(16(26)28-2)11-3-5-12(6-4-11)29-18(19,20)21/h3-8H,9H2,1-2H3. The van der Waals surface area contributed by atoms with E-state index in [4.69, 9.17) is 9.26 Å². The molecule has 0 fully saturated rings. The van der Waals surface area contributed by atoms with Gasteiger partial charge in [0.2, 0.25) is 11.8 Å². The molecule has 3 heterocycles. The molecule has 30 heavy (non-hydrogen) atoms. The van der Waals surface area contributed by atoms with E-state index < -0.39 is 12.1 Å². The summed E-state index contributed by atoms with van der Waals surface area (Å²) in [6.07, 6.45) is -4.78. The maximum Gasteiger partial charge on any atom is 0.573 e. The van der Waals surface area contributed by atoms with Crippen LogP contribution in [0.4, 0.5) is 13.2 Å². The first kappa shape index (κ1) is 19.5. The van der Waals surface area contributed by atoms with Crippen LogP contribution < -0.4 is 15.2 Å². The first-order valence-electron chi connectivity index (χ1n) is 8.57. The maximum atomic E-state index is 12.9. The number of hydrogen-bond donors (Lipinski definition) is 0. The SMILES string of the molecule is COc1c(-c2ccc(OC(F)(F)F)cc2)ccc2nn(Cc3nc(C)no3)c(=O)n12. The Kier molecular flexibility index (Phi) is 4.68. The molecule has 0 aliphatic heterocycles.